The number of rotatable bonds is 6. The van der Waals surface area contributed by atoms with Crippen LogP contribution in [0.1, 0.15) is 33.6 Å². The van der Waals surface area contributed by atoms with E-state index in [1.807, 2.05) is 37.0 Å². The van der Waals surface area contributed by atoms with Gasteiger partial charge in [0, 0.05) is 25.2 Å². The van der Waals surface area contributed by atoms with Crippen LogP contribution in [0.15, 0.2) is 54.9 Å². The second-order valence-corrected chi connectivity index (χ2v) is 7.64. The topological polar surface area (TPSA) is 62.7 Å². The van der Waals surface area contributed by atoms with E-state index in [0.717, 1.165) is 29.3 Å². The Hall–Kier alpha value is -3.34. The molecular weight excluding hydrogens is 360 g/mol. The van der Waals surface area contributed by atoms with Gasteiger partial charge in [0.25, 0.3) is 5.91 Å². The van der Waals surface area contributed by atoms with Crippen molar-refractivity contribution in [2.24, 2.45) is 7.05 Å². The van der Waals surface area contributed by atoms with Crippen molar-refractivity contribution in [2.45, 2.75) is 26.7 Å². The summed E-state index contributed by atoms with van der Waals surface area (Å²) in [5, 5.41) is 11.3. The Morgan fingerprint density at radius 3 is 2.66 bits per heavy atom. The van der Waals surface area contributed by atoms with Crippen molar-refractivity contribution < 1.29 is 4.79 Å². The Kier molecular flexibility index (Phi) is 5.21. The van der Waals surface area contributed by atoms with E-state index >= 15 is 0 Å². The van der Waals surface area contributed by atoms with E-state index in [1.54, 1.807) is 0 Å². The van der Waals surface area contributed by atoms with Gasteiger partial charge in [-0.2, -0.15) is 5.10 Å². The first-order valence-corrected chi connectivity index (χ1v) is 9.96. The number of amides is 1. The molecule has 29 heavy (non-hydrogen) atoms. The number of carbonyl (C=O) groups is 1. The molecule has 5 heteroatoms. The molecule has 0 aliphatic carbocycles. The van der Waals surface area contributed by atoms with Crippen LogP contribution in [0.5, 0.6) is 0 Å². The van der Waals surface area contributed by atoms with E-state index in [2.05, 4.69) is 58.8 Å². The van der Waals surface area contributed by atoms with Gasteiger partial charge in [0.05, 0.1) is 11.7 Å². The first-order chi connectivity index (χ1) is 14.0. The highest BCUT2D eigenvalue weighted by atomic mass is 16.1. The zero-order valence-electron chi connectivity index (χ0n) is 17.1. The standard InChI is InChI=1S/C24H26N4O/c1-16-13-23(28(3)15-16)24(29)25-12-4-5-18-6-8-19(9-7-18)20-10-11-22-21(17(20)2)14-26-27-22/h6-11,13-15H,4-5,12H2,1-3H3,(H,25,29)(H,26,27). The number of aryl methyl sites for hydroxylation is 4. The molecule has 0 atom stereocenters. The van der Waals surface area contributed by atoms with Gasteiger partial charge in [-0.25, -0.2) is 0 Å². The van der Waals surface area contributed by atoms with Gasteiger partial charge < -0.3 is 9.88 Å². The molecule has 4 aromatic rings. The summed E-state index contributed by atoms with van der Waals surface area (Å²) >= 11 is 0. The summed E-state index contributed by atoms with van der Waals surface area (Å²) in [5.41, 5.74) is 7.83. The summed E-state index contributed by atoms with van der Waals surface area (Å²) < 4.78 is 1.87. The average Bonchev–Trinajstić information content (AvgIpc) is 3.32. The quantitative estimate of drug-likeness (QED) is 0.478. The lowest BCUT2D eigenvalue weighted by Crippen LogP contribution is -2.26. The van der Waals surface area contributed by atoms with Crippen LogP contribution in [0.2, 0.25) is 0 Å². The van der Waals surface area contributed by atoms with Crippen molar-refractivity contribution in [1.29, 1.82) is 0 Å². The van der Waals surface area contributed by atoms with Gasteiger partial charge in [0.2, 0.25) is 0 Å². The van der Waals surface area contributed by atoms with E-state index in [9.17, 15) is 4.79 Å². The minimum Gasteiger partial charge on any atom is -0.351 e. The van der Waals surface area contributed by atoms with E-state index in [4.69, 9.17) is 0 Å². The zero-order chi connectivity index (χ0) is 20.4. The Morgan fingerprint density at radius 1 is 1.14 bits per heavy atom. The number of fused-ring (bicyclic) bond motifs is 1. The first-order valence-electron chi connectivity index (χ1n) is 9.96. The molecule has 2 N–H and O–H groups in total. The fraction of sp³-hybridized carbons (Fsp3) is 0.250. The normalized spacial score (nSPS) is 11.1. The van der Waals surface area contributed by atoms with E-state index in [1.165, 1.54) is 22.3 Å². The third kappa shape index (κ3) is 3.94. The Balaban J connectivity index is 1.34. The minimum absolute atomic E-state index is 0.0129. The predicted molar refractivity (Wildman–Crippen MR) is 117 cm³/mol. The van der Waals surface area contributed by atoms with Gasteiger partial charge in [-0.3, -0.25) is 9.89 Å². The number of nitrogens with zero attached hydrogens (tertiary/aromatic N) is 2. The second kappa shape index (κ2) is 7.95. The summed E-state index contributed by atoms with van der Waals surface area (Å²) in [6.45, 7) is 4.80. The molecule has 0 unspecified atom stereocenters. The van der Waals surface area contributed by atoms with Crippen LogP contribution in [-0.4, -0.2) is 27.2 Å². The van der Waals surface area contributed by atoms with Crippen molar-refractivity contribution in [3.05, 3.63) is 77.2 Å². The lowest BCUT2D eigenvalue weighted by Gasteiger charge is -2.09. The summed E-state index contributed by atoms with van der Waals surface area (Å²) in [5.74, 6) is -0.0129. The monoisotopic (exact) mass is 386 g/mol. The number of hydrogen-bond acceptors (Lipinski definition) is 2. The minimum atomic E-state index is -0.0129. The Bertz CT molecular complexity index is 1150. The van der Waals surface area contributed by atoms with Crippen LogP contribution in [0.4, 0.5) is 0 Å². The molecule has 5 nitrogen and oxygen atoms in total. The predicted octanol–water partition coefficient (Wildman–Crippen LogP) is 4.55. The molecule has 2 aromatic heterocycles. The molecule has 4 rings (SSSR count). The fourth-order valence-electron chi connectivity index (χ4n) is 3.86. The maximum absolute atomic E-state index is 12.3. The van der Waals surface area contributed by atoms with Crippen LogP contribution in [0.3, 0.4) is 0 Å². The molecule has 0 fully saturated rings. The average molecular weight is 386 g/mol. The van der Waals surface area contributed by atoms with Crippen molar-refractivity contribution in [3.63, 3.8) is 0 Å². The molecule has 0 radical (unpaired) electrons. The molecule has 0 aliphatic heterocycles. The third-order valence-corrected chi connectivity index (χ3v) is 5.46. The van der Waals surface area contributed by atoms with Crippen LogP contribution >= 0.6 is 0 Å². The van der Waals surface area contributed by atoms with Gasteiger partial charge in [-0.05, 0) is 66.6 Å². The lowest BCUT2D eigenvalue weighted by molar-refractivity contribution is 0.0945. The van der Waals surface area contributed by atoms with E-state index < -0.39 is 0 Å². The Labute approximate surface area is 170 Å². The highest BCUT2D eigenvalue weighted by molar-refractivity contribution is 5.93. The fourth-order valence-corrected chi connectivity index (χ4v) is 3.86. The van der Waals surface area contributed by atoms with Crippen molar-refractivity contribution in [2.75, 3.05) is 6.54 Å². The van der Waals surface area contributed by atoms with Gasteiger partial charge in [-0.15, -0.1) is 0 Å². The molecule has 1 amide bonds. The van der Waals surface area contributed by atoms with E-state index in [-0.39, 0.29) is 5.91 Å². The number of carbonyl (C=O) groups excluding carboxylic acids is 1. The van der Waals surface area contributed by atoms with Crippen LogP contribution in [-0.2, 0) is 13.5 Å². The van der Waals surface area contributed by atoms with Gasteiger partial charge >= 0.3 is 0 Å². The number of aromatic amines is 1. The molecule has 0 spiro atoms. The largest absolute Gasteiger partial charge is 0.351 e. The lowest BCUT2D eigenvalue weighted by atomic mass is 9.96. The summed E-state index contributed by atoms with van der Waals surface area (Å²) in [4.78, 5) is 12.3. The number of nitrogens with one attached hydrogen (secondary N) is 2. The van der Waals surface area contributed by atoms with Crippen LogP contribution in [0, 0.1) is 13.8 Å². The molecule has 148 valence electrons. The summed E-state index contributed by atoms with van der Waals surface area (Å²) in [7, 11) is 1.90. The number of benzene rings is 2. The molecule has 0 aliphatic rings. The van der Waals surface area contributed by atoms with Gasteiger partial charge in [0.1, 0.15) is 5.69 Å². The van der Waals surface area contributed by atoms with Crippen molar-refractivity contribution in [3.8, 4) is 11.1 Å². The highest BCUT2D eigenvalue weighted by Gasteiger charge is 2.10. The maximum Gasteiger partial charge on any atom is 0.267 e. The smallest absolute Gasteiger partial charge is 0.267 e. The zero-order valence-corrected chi connectivity index (χ0v) is 17.1. The molecule has 0 saturated heterocycles. The molecular formula is C24H26N4O. The summed E-state index contributed by atoms with van der Waals surface area (Å²) in [6, 6.07) is 14.8. The van der Waals surface area contributed by atoms with Crippen LogP contribution < -0.4 is 5.32 Å². The van der Waals surface area contributed by atoms with Gasteiger partial charge in [-0.1, -0.05) is 30.3 Å². The number of aromatic nitrogens is 3. The first kappa shape index (κ1) is 19.0. The molecule has 0 saturated carbocycles. The van der Waals surface area contributed by atoms with Crippen molar-refractivity contribution in [1.82, 2.24) is 20.1 Å². The van der Waals surface area contributed by atoms with Crippen LogP contribution in [0.25, 0.3) is 22.0 Å². The Morgan fingerprint density at radius 2 is 1.93 bits per heavy atom. The SMILES string of the molecule is Cc1cc(C(=O)NCCCc2ccc(-c3ccc4[nH]ncc4c3C)cc2)n(C)c1. The van der Waals surface area contributed by atoms with Gasteiger partial charge in [0.15, 0.2) is 0 Å². The second-order valence-electron chi connectivity index (χ2n) is 7.64. The molecule has 2 heterocycles. The third-order valence-electron chi connectivity index (χ3n) is 5.46. The van der Waals surface area contributed by atoms with Crippen molar-refractivity contribution >= 4 is 16.8 Å². The highest BCUT2D eigenvalue weighted by Crippen LogP contribution is 2.29. The maximum atomic E-state index is 12.3. The van der Waals surface area contributed by atoms with E-state index in [0.29, 0.717) is 12.2 Å². The summed E-state index contributed by atoms with van der Waals surface area (Å²) in [6.07, 6.45) is 5.69. The number of hydrogen-bond donors (Lipinski definition) is 2. The molecule has 2 aromatic carbocycles. The molecule has 0 bridgehead atoms. The number of H-pyrrole nitrogens is 1.